The van der Waals surface area contributed by atoms with E-state index in [2.05, 4.69) is 20.4 Å². The van der Waals surface area contributed by atoms with Crippen molar-refractivity contribution in [3.63, 3.8) is 0 Å². The molecule has 2 heterocycles. The van der Waals surface area contributed by atoms with Crippen LogP contribution in [0.5, 0.6) is 0 Å². The Kier molecular flexibility index (Phi) is 6.92. The maximum atomic E-state index is 12.4. The van der Waals surface area contributed by atoms with Crippen molar-refractivity contribution >= 4 is 28.6 Å². The Morgan fingerprint density at radius 2 is 1.89 bits per heavy atom. The number of nitrogens with zero attached hydrogens (tertiary/aromatic N) is 4. The van der Waals surface area contributed by atoms with E-state index in [1.807, 2.05) is 36.4 Å². The van der Waals surface area contributed by atoms with Gasteiger partial charge in [-0.1, -0.05) is 31.4 Å². The molecule has 0 spiro atoms. The lowest BCUT2D eigenvalue weighted by Crippen LogP contribution is -2.23. The summed E-state index contributed by atoms with van der Waals surface area (Å²) in [6, 6.07) is 15.7. The summed E-state index contributed by atoms with van der Waals surface area (Å²) < 4.78 is 14.6. The van der Waals surface area contributed by atoms with E-state index in [0.717, 1.165) is 59.7 Å². The van der Waals surface area contributed by atoms with E-state index in [4.69, 9.17) is 14.5 Å². The third-order valence-electron chi connectivity index (χ3n) is 6.99. The number of carbonyl (C=O) groups is 1. The number of anilines is 1. The summed E-state index contributed by atoms with van der Waals surface area (Å²) in [5.41, 5.74) is 4.79. The highest BCUT2D eigenvalue weighted by Crippen LogP contribution is 2.36. The Hall–Kier alpha value is -3.83. The second-order valence-electron chi connectivity index (χ2n) is 9.31. The summed E-state index contributed by atoms with van der Waals surface area (Å²) >= 11 is 0. The first-order chi connectivity index (χ1) is 17.6. The van der Waals surface area contributed by atoms with Gasteiger partial charge in [0.05, 0.1) is 35.3 Å². The van der Waals surface area contributed by atoms with Gasteiger partial charge in [-0.2, -0.15) is 5.26 Å². The number of carbonyl (C=O) groups excluding carboxylic acids is 1. The molecule has 0 aliphatic heterocycles. The molecule has 1 aliphatic rings. The molecule has 0 bridgehead atoms. The lowest BCUT2D eigenvalue weighted by atomic mass is 9.95. The van der Waals surface area contributed by atoms with Crippen LogP contribution in [0.2, 0.25) is 0 Å². The van der Waals surface area contributed by atoms with Crippen LogP contribution >= 0.6 is 0 Å². The van der Waals surface area contributed by atoms with Gasteiger partial charge in [0.2, 0.25) is 5.78 Å². The summed E-state index contributed by atoms with van der Waals surface area (Å²) in [6.07, 6.45) is 6.73. The molecular weight excluding hydrogens is 454 g/mol. The summed E-state index contributed by atoms with van der Waals surface area (Å²) in [5.74, 6) is 1.35. The molecule has 36 heavy (non-hydrogen) atoms. The van der Waals surface area contributed by atoms with E-state index >= 15 is 0 Å². The fourth-order valence-electron chi connectivity index (χ4n) is 5.17. The first-order valence-electron chi connectivity index (χ1n) is 12.5. The van der Waals surface area contributed by atoms with Gasteiger partial charge in [0.25, 0.3) is 0 Å². The van der Waals surface area contributed by atoms with E-state index in [0.29, 0.717) is 23.8 Å². The van der Waals surface area contributed by atoms with Crippen molar-refractivity contribution in [1.82, 2.24) is 14.0 Å². The molecule has 1 fully saturated rings. The van der Waals surface area contributed by atoms with Crippen molar-refractivity contribution in [1.29, 1.82) is 5.26 Å². The van der Waals surface area contributed by atoms with Crippen LogP contribution < -0.4 is 5.32 Å². The third-order valence-corrected chi connectivity index (χ3v) is 6.99. The number of nitrogens with one attached hydrogen (secondary N) is 1. The number of hydrogen-bond acceptors (Lipinski definition) is 6. The van der Waals surface area contributed by atoms with Gasteiger partial charge in [0.15, 0.2) is 0 Å². The van der Waals surface area contributed by atoms with Gasteiger partial charge in [-0.15, -0.1) is 0 Å². The second kappa shape index (κ2) is 10.4. The first-order valence-corrected chi connectivity index (χ1v) is 12.5. The highest BCUT2D eigenvalue weighted by atomic mass is 16.5. The Morgan fingerprint density at radius 1 is 1.11 bits per heavy atom. The maximum absolute atomic E-state index is 12.4. The predicted molar refractivity (Wildman–Crippen MR) is 139 cm³/mol. The molecule has 1 N–H and O–H groups in total. The molecular formula is C28H31N5O3. The zero-order valence-electron chi connectivity index (χ0n) is 20.8. The minimum Gasteiger partial charge on any atom is -0.465 e. The number of imidazole rings is 2. The van der Waals surface area contributed by atoms with Crippen LogP contribution in [0, 0.1) is 11.3 Å². The number of aryl methyl sites for hydroxylation is 1. The Labute approximate surface area is 210 Å². The van der Waals surface area contributed by atoms with Crippen molar-refractivity contribution in [2.45, 2.75) is 51.1 Å². The Balaban J connectivity index is 1.74. The van der Waals surface area contributed by atoms with Gasteiger partial charge in [-0.05, 0) is 49.6 Å². The van der Waals surface area contributed by atoms with Crippen molar-refractivity contribution in [3.05, 3.63) is 53.6 Å². The van der Waals surface area contributed by atoms with Crippen LogP contribution in [0.25, 0.3) is 28.1 Å². The molecule has 5 rings (SSSR count). The fraction of sp³-hybridized carbons (Fsp3) is 0.393. The Bertz CT molecular complexity index is 1420. The monoisotopic (exact) mass is 485 g/mol. The van der Waals surface area contributed by atoms with Gasteiger partial charge >= 0.3 is 5.97 Å². The predicted octanol–water partition coefficient (Wildman–Crippen LogP) is 5.40. The molecule has 8 heteroatoms. The quantitative estimate of drug-likeness (QED) is 0.265. The number of methoxy groups -OCH3 is 2. The summed E-state index contributed by atoms with van der Waals surface area (Å²) in [4.78, 5) is 17.5. The number of ether oxygens (including phenoxy) is 2. The zero-order chi connectivity index (χ0) is 25.1. The lowest BCUT2D eigenvalue weighted by molar-refractivity contribution is 0.0601. The highest BCUT2D eigenvalue weighted by molar-refractivity contribution is 5.96. The average molecular weight is 486 g/mol. The highest BCUT2D eigenvalue weighted by Gasteiger charge is 2.25. The van der Waals surface area contributed by atoms with E-state index in [1.165, 1.54) is 26.4 Å². The van der Waals surface area contributed by atoms with E-state index < -0.39 is 0 Å². The van der Waals surface area contributed by atoms with Gasteiger partial charge < -0.3 is 19.4 Å². The molecule has 1 aliphatic carbocycles. The number of aromatic nitrogens is 3. The largest absolute Gasteiger partial charge is 0.465 e. The zero-order valence-corrected chi connectivity index (χ0v) is 20.8. The molecule has 0 amide bonds. The number of benzene rings is 2. The molecule has 186 valence electrons. The topological polar surface area (TPSA) is 93.6 Å². The maximum Gasteiger partial charge on any atom is 0.337 e. The van der Waals surface area contributed by atoms with Crippen molar-refractivity contribution in [2.24, 2.45) is 0 Å². The molecule has 2 aromatic carbocycles. The van der Waals surface area contributed by atoms with Gasteiger partial charge in [-0.25, -0.2) is 9.78 Å². The average Bonchev–Trinajstić information content (AvgIpc) is 3.43. The SMILES string of the molecule is COCCCn1c2ccc(C(=O)OC)cc2n2c(NC3CCCCC3)c(-c3ccc(C#N)cc3)nc12. The molecule has 8 nitrogen and oxygen atoms in total. The molecule has 0 radical (unpaired) electrons. The van der Waals surface area contributed by atoms with Crippen molar-refractivity contribution < 1.29 is 14.3 Å². The van der Waals surface area contributed by atoms with Gasteiger partial charge in [0, 0.05) is 31.9 Å². The van der Waals surface area contributed by atoms with Crippen LogP contribution in [0.1, 0.15) is 54.4 Å². The van der Waals surface area contributed by atoms with E-state index in [9.17, 15) is 10.1 Å². The second-order valence-corrected chi connectivity index (χ2v) is 9.31. The third kappa shape index (κ3) is 4.42. The van der Waals surface area contributed by atoms with E-state index in [1.54, 1.807) is 13.2 Å². The number of rotatable bonds is 8. The van der Waals surface area contributed by atoms with Gasteiger partial charge in [0.1, 0.15) is 11.5 Å². The smallest absolute Gasteiger partial charge is 0.337 e. The van der Waals surface area contributed by atoms with Gasteiger partial charge in [-0.3, -0.25) is 4.40 Å². The molecule has 1 saturated carbocycles. The summed E-state index contributed by atoms with van der Waals surface area (Å²) in [7, 11) is 3.10. The molecule has 2 aromatic heterocycles. The van der Waals surface area contributed by atoms with Crippen molar-refractivity contribution in [3.8, 4) is 17.3 Å². The molecule has 4 aromatic rings. The van der Waals surface area contributed by atoms with E-state index in [-0.39, 0.29) is 5.97 Å². The number of nitriles is 1. The molecule has 0 saturated heterocycles. The molecule has 0 atom stereocenters. The van der Waals surface area contributed by atoms with Crippen molar-refractivity contribution in [2.75, 3.05) is 26.1 Å². The van der Waals surface area contributed by atoms with Crippen LogP contribution in [-0.2, 0) is 16.0 Å². The van der Waals surface area contributed by atoms with Crippen LogP contribution in [0.4, 0.5) is 5.82 Å². The number of fused-ring (bicyclic) bond motifs is 3. The summed E-state index contributed by atoms with van der Waals surface area (Å²) in [6.45, 7) is 1.37. The molecule has 0 unspecified atom stereocenters. The fourth-order valence-corrected chi connectivity index (χ4v) is 5.17. The van der Waals surface area contributed by atoms with Crippen LogP contribution in [0.15, 0.2) is 42.5 Å². The standard InChI is InChI=1S/C28H31N5O3/c1-35-16-6-15-32-23-14-13-21(27(34)36-2)17-24(23)33-26(30-22-7-4-3-5-8-22)25(31-28(32)33)20-11-9-19(18-29)10-12-20/h9-14,17,22,30H,3-8,15-16H2,1-2H3. The number of hydrogen-bond donors (Lipinski definition) is 1. The Morgan fingerprint density at radius 3 is 2.58 bits per heavy atom. The number of esters is 1. The minimum atomic E-state index is -0.369. The lowest BCUT2D eigenvalue weighted by Gasteiger charge is -2.24. The van der Waals surface area contributed by atoms with Crippen LogP contribution in [-0.4, -0.2) is 46.8 Å². The van der Waals surface area contributed by atoms with Crippen LogP contribution in [0.3, 0.4) is 0 Å². The minimum absolute atomic E-state index is 0.353. The summed E-state index contributed by atoms with van der Waals surface area (Å²) in [5, 5.41) is 13.1. The normalized spacial score (nSPS) is 14.2. The first kappa shape index (κ1) is 23.9.